The standard InChI is InChI=1S/C19H19N3O7S/c1-26-13-9-11(10-14(27-2)16(13)28-3)17(23)20-19-22-21-18(29-19)12-7-5-6-8-15(12)30(4,24)25/h5-10H,1-4H3,(H,20,22,23). The first kappa shape index (κ1) is 21.1. The van der Waals surface area contributed by atoms with Crippen molar-refractivity contribution in [2.45, 2.75) is 4.90 Å². The van der Waals surface area contributed by atoms with E-state index in [1.54, 1.807) is 12.1 Å². The van der Waals surface area contributed by atoms with Gasteiger partial charge < -0.3 is 18.6 Å². The van der Waals surface area contributed by atoms with Crippen molar-refractivity contribution in [3.05, 3.63) is 42.0 Å². The maximum Gasteiger partial charge on any atom is 0.322 e. The molecule has 0 bridgehead atoms. The predicted octanol–water partition coefficient (Wildman–Crippen LogP) is 2.42. The Balaban J connectivity index is 1.90. The highest BCUT2D eigenvalue weighted by atomic mass is 32.2. The zero-order valence-corrected chi connectivity index (χ0v) is 17.4. The average Bonchev–Trinajstić information content (AvgIpc) is 3.20. The van der Waals surface area contributed by atoms with E-state index in [1.165, 1.54) is 45.6 Å². The van der Waals surface area contributed by atoms with Crippen LogP contribution >= 0.6 is 0 Å². The third-order valence-corrected chi connectivity index (χ3v) is 5.24. The van der Waals surface area contributed by atoms with Crippen molar-refractivity contribution in [2.24, 2.45) is 0 Å². The summed E-state index contributed by atoms with van der Waals surface area (Å²) in [5.41, 5.74) is 0.432. The summed E-state index contributed by atoms with van der Waals surface area (Å²) >= 11 is 0. The van der Waals surface area contributed by atoms with Gasteiger partial charge in [-0.25, -0.2) is 8.42 Å². The molecule has 0 unspecified atom stereocenters. The van der Waals surface area contributed by atoms with Gasteiger partial charge in [-0.2, -0.15) is 0 Å². The van der Waals surface area contributed by atoms with E-state index >= 15 is 0 Å². The topological polar surface area (TPSA) is 130 Å². The second-order valence-electron chi connectivity index (χ2n) is 6.05. The lowest BCUT2D eigenvalue weighted by Crippen LogP contribution is -2.13. The molecule has 3 aromatic rings. The van der Waals surface area contributed by atoms with E-state index in [4.69, 9.17) is 18.6 Å². The highest BCUT2D eigenvalue weighted by Gasteiger charge is 2.21. The van der Waals surface area contributed by atoms with Crippen molar-refractivity contribution in [2.75, 3.05) is 32.9 Å². The highest BCUT2D eigenvalue weighted by molar-refractivity contribution is 7.90. The lowest BCUT2D eigenvalue weighted by molar-refractivity contribution is 0.102. The van der Waals surface area contributed by atoms with Crippen LogP contribution in [0.15, 0.2) is 45.7 Å². The summed E-state index contributed by atoms with van der Waals surface area (Å²) < 4.78 is 45.1. The number of sulfone groups is 1. The van der Waals surface area contributed by atoms with Gasteiger partial charge in [-0.15, -0.1) is 5.10 Å². The van der Waals surface area contributed by atoms with E-state index in [1.807, 2.05) is 0 Å². The molecule has 0 atom stereocenters. The van der Waals surface area contributed by atoms with Gasteiger partial charge in [0.2, 0.25) is 5.75 Å². The van der Waals surface area contributed by atoms with Crippen LogP contribution in [0.5, 0.6) is 17.2 Å². The molecule has 0 spiro atoms. The predicted molar refractivity (Wildman–Crippen MR) is 107 cm³/mol. The van der Waals surface area contributed by atoms with Crippen LogP contribution in [0.4, 0.5) is 6.01 Å². The van der Waals surface area contributed by atoms with Gasteiger partial charge in [0.1, 0.15) is 0 Å². The second-order valence-corrected chi connectivity index (χ2v) is 8.03. The molecule has 0 saturated carbocycles. The van der Waals surface area contributed by atoms with E-state index in [9.17, 15) is 13.2 Å². The summed E-state index contributed by atoms with van der Waals surface area (Å²) in [6, 6.07) is 8.93. The molecule has 1 heterocycles. The Morgan fingerprint density at radius 1 is 1.00 bits per heavy atom. The fraction of sp³-hybridized carbons (Fsp3) is 0.211. The van der Waals surface area contributed by atoms with Gasteiger partial charge in [0.25, 0.3) is 11.8 Å². The minimum atomic E-state index is -3.52. The summed E-state index contributed by atoms with van der Waals surface area (Å²) in [5, 5.41) is 10.1. The summed E-state index contributed by atoms with van der Waals surface area (Å²) in [5.74, 6) is 0.330. The van der Waals surface area contributed by atoms with Crippen LogP contribution in [0.25, 0.3) is 11.5 Å². The molecule has 3 rings (SSSR count). The first-order chi connectivity index (χ1) is 14.3. The van der Waals surface area contributed by atoms with Gasteiger partial charge in [0, 0.05) is 11.8 Å². The number of hydrogen-bond donors (Lipinski definition) is 1. The van der Waals surface area contributed by atoms with Crippen LogP contribution < -0.4 is 19.5 Å². The Hall–Kier alpha value is -3.60. The van der Waals surface area contributed by atoms with Crippen molar-refractivity contribution in [1.82, 2.24) is 10.2 Å². The molecule has 10 nitrogen and oxygen atoms in total. The summed E-state index contributed by atoms with van der Waals surface area (Å²) in [6.07, 6.45) is 1.08. The monoisotopic (exact) mass is 433 g/mol. The maximum atomic E-state index is 12.6. The number of methoxy groups -OCH3 is 3. The molecule has 1 N–H and O–H groups in total. The number of ether oxygens (including phenoxy) is 3. The number of anilines is 1. The van der Waals surface area contributed by atoms with Crippen LogP contribution in [-0.4, -0.2) is 52.1 Å². The van der Waals surface area contributed by atoms with Crippen molar-refractivity contribution < 1.29 is 31.8 Å². The van der Waals surface area contributed by atoms with Gasteiger partial charge >= 0.3 is 6.01 Å². The molecule has 0 aliphatic heterocycles. The van der Waals surface area contributed by atoms with Gasteiger partial charge in [-0.3, -0.25) is 10.1 Å². The normalized spacial score (nSPS) is 11.1. The number of nitrogens with zero attached hydrogens (tertiary/aromatic N) is 2. The maximum absolute atomic E-state index is 12.6. The van der Waals surface area contributed by atoms with E-state index in [0.29, 0.717) is 17.2 Å². The van der Waals surface area contributed by atoms with Gasteiger partial charge in [0.15, 0.2) is 21.3 Å². The Labute approximate surface area is 172 Å². The number of hydrogen-bond acceptors (Lipinski definition) is 9. The van der Waals surface area contributed by atoms with Gasteiger partial charge in [0.05, 0.1) is 31.8 Å². The van der Waals surface area contributed by atoms with Crippen LogP contribution in [0.1, 0.15) is 10.4 Å². The molecule has 0 fully saturated rings. The number of benzene rings is 2. The molecular formula is C19H19N3O7S. The summed E-state index contributed by atoms with van der Waals surface area (Å²) in [4.78, 5) is 12.7. The molecule has 0 radical (unpaired) electrons. The molecule has 0 aliphatic rings. The van der Waals surface area contributed by atoms with Crippen LogP contribution in [0, 0.1) is 0 Å². The smallest absolute Gasteiger partial charge is 0.322 e. The van der Waals surface area contributed by atoms with Crippen molar-refractivity contribution in [3.63, 3.8) is 0 Å². The number of carbonyl (C=O) groups excluding carboxylic acids is 1. The SMILES string of the molecule is COc1cc(C(=O)Nc2nnc(-c3ccccc3S(C)(=O)=O)o2)cc(OC)c1OC. The van der Waals surface area contributed by atoms with Crippen LogP contribution in [-0.2, 0) is 9.84 Å². The zero-order valence-electron chi connectivity index (χ0n) is 16.6. The largest absolute Gasteiger partial charge is 0.493 e. The molecule has 158 valence electrons. The number of rotatable bonds is 7. The number of carbonyl (C=O) groups is 1. The van der Waals surface area contributed by atoms with Crippen LogP contribution in [0.3, 0.4) is 0 Å². The Bertz CT molecular complexity index is 1160. The number of nitrogens with one attached hydrogen (secondary N) is 1. The van der Waals surface area contributed by atoms with Crippen molar-refractivity contribution in [3.8, 4) is 28.7 Å². The molecule has 0 saturated heterocycles. The lowest BCUT2D eigenvalue weighted by atomic mass is 10.1. The minimum absolute atomic E-state index is 0.0381. The van der Waals surface area contributed by atoms with E-state index in [0.717, 1.165) is 6.26 Å². The van der Waals surface area contributed by atoms with E-state index in [-0.39, 0.29) is 27.9 Å². The molecule has 30 heavy (non-hydrogen) atoms. The fourth-order valence-electron chi connectivity index (χ4n) is 2.73. The molecule has 1 amide bonds. The zero-order chi connectivity index (χ0) is 21.9. The second kappa shape index (κ2) is 8.41. The Morgan fingerprint density at radius 3 is 2.20 bits per heavy atom. The number of aromatic nitrogens is 2. The molecule has 0 aliphatic carbocycles. The van der Waals surface area contributed by atoms with Gasteiger partial charge in [-0.05, 0) is 24.3 Å². The van der Waals surface area contributed by atoms with Gasteiger partial charge in [-0.1, -0.05) is 17.2 Å². The molecule has 1 aromatic heterocycles. The third-order valence-electron chi connectivity index (χ3n) is 4.09. The Morgan fingerprint density at radius 2 is 1.63 bits per heavy atom. The fourth-order valence-corrected chi connectivity index (χ4v) is 3.61. The summed E-state index contributed by atoms with van der Waals surface area (Å²) in [6.45, 7) is 0. The first-order valence-electron chi connectivity index (χ1n) is 8.52. The molecule has 2 aromatic carbocycles. The van der Waals surface area contributed by atoms with E-state index < -0.39 is 15.7 Å². The van der Waals surface area contributed by atoms with E-state index in [2.05, 4.69) is 15.5 Å². The lowest BCUT2D eigenvalue weighted by Gasteiger charge is -2.13. The first-order valence-corrected chi connectivity index (χ1v) is 10.4. The minimum Gasteiger partial charge on any atom is -0.493 e. The average molecular weight is 433 g/mol. The third kappa shape index (κ3) is 4.20. The molecule has 11 heteroatoms. The van der Waals surface area contributed by atoms with Crippen molar-refractivity contribution in [1.29, 1.82) is 0 Å². The van der Waals surface area contributed by atoms with Crippen LogP contribution in [0.2, 0.25) is 0 Å². The Kier molecular flexibility index (Phi) is 5.92. The number of amides is 1. The quantitative estimate of drug-likeness (QED) is 0.597. The van der Waals surface area contributed by atoms with Crippen molar-refractivity contribution >= 4 is 21.8 Å². The molecular weight excluding hydrogens is 414 g/mol. The summed E-state index contributed by atoms with van der Waals surface area (Å²) in [7, 11) is 0.804. The highest BCUT2D eigenvalue weighted by Crippen LogP contribution is 2.38.